The monoisotopic (exact) mass is 298 g/mol. The number of benzene rings is 1. The highest BCUT2D eigenvalue weighted by Crippen LogP contribution is 2.31. The highest BCUT2D eigenvalue weighted by molar-refractivity contribution is 6.34. The predicted molar refractivity (Wildman–Crippen MR) is 75.1 cm³/mol. The molecule has 1 N–H and O–H groups in total. The maximum Gasteiger partial charge on any atom is 0.250 e. The number of anilines is 1. The number of halogens is 2. The molecule has 1 aromatic carbocycles. The van der Waals surface area contributed by atoms with Gasteiger partial charge in [-0.15, -0.1) is 0 Å². The van der Waals surface area contributed by atoms with Crippen LogP contribution in [0.1, 0.15) is 20.8 Å². The number of nitrogens with one attached hydrogen (secondary N) is 1. The van der Waals surface area contributed by atoms with Crippen LogP contribution in [-0.4, -0.2) is 24.4 Å². The maximum absolute atomic E-state index is 13.1. The molecule has 1 fully saturated rings. The maximum atomic E-state index is 13.1. The summed E-state index contributed by atoms with van der Waals surface area (Å²) in [6.45, 7) is 5.49. The fraction of sp³-hybridized carbons (Fsp3) is 0.429. The van der Waals surface area contributed by atoms with E-state index < -0.39 is 17.3 Å². The predicted octanol–water partition coefficient (Wildman–Crippen LogP) is 2.36. The van der Waals surface area contributed by atoms with Gasteiger partial charge in [0.15, 0.2) is 0 Å². The van der Waals surface area contributed by atoms with Crippen LogP contribution in [0.2, 0.25) is 5.02 Å². The molecule has 0 aliphatic carbocycles. The number of hydrogen-bond donors (Lipinski definition) is 1. The first-order valence-electron chi connectivity index (χ1n) is 6.26. The van der Waals surface area contributed by atoms with Crippen LogP contribution in [0.5, 0.6) is 0 Å². The molecule has 6 heteroatoms. The van der Waals surface area contributed by atoms with Gasteiger partial charge in [-0.25, -0.2) is 4.39 Å². The van der Waals surface area contributed by atoms with Gasteiger partial charge in [-0.1, -0.05) is 32.4 Å². The molecule has 1 saturated heterocycles. The molecule has 1 aliphatic rings. The van der Waals surface area contributed by atoms with Crippen LogP contribution in [0.15, 0.2) is 18.2 Å². The molecule has 4 nitrogen and oxygen atoms in total. The van der Waals surface area contributed by atoms with E-state index in [4.69, 9.17) is 11.6 Å². The molecule has 0 bridgehead atoms. The summed E-state index contributed by atoms with van der Waals surface area (Å²) in [6.07, 6.45) is 0. The van der Waals surface area contributed by atoms with E-state index in [9.17, 15) is 14.0 Å². The van der Waals surface area contributed by atoms with Crippen molar-refractivity contribution in [3.63, 3.8) is 0 Å². The van der Waals surface area contributed by atoms with Gasteiger partial charge in [0.05, 0.1) is 10.7 Å². The number of rotatable bonds is 1. The van der Waals surface area contributed by atoms with E-state index in [0.717, 1.165) is 6.07 Å². The molecule has 1 atom stereocenters. The average molecular weight is 299 g/mol. The number of nitrogens with zero attached hydrogens (tertiary/aromatic N) is 1. The molecule has 0 radical (unpaired) electrons. The Morgan fingerprint density at radius 1 is 1.35 bits per heavy atom. The number of carbonyl (C=O) groups is 2. The Hall–Kier alpha value is -1.62. The number of amides is 2. The molecule has 1 unspecified atom stereocenters. The highest BCUT2D eigenvalue weighted by atomic mass is 35.5. The third-order valence-corrected chi connectivity index (χ3v) is 3.49. The van der Waals surface area contributed by atoms with Crippen molar-refractivity contribution in [1.82, 2.24) is 5.32 Å². The van der Waals surface area contributed by atoms with E-state index in [1.54, 1.807) is 0 Å². The minimum Gasteiger partial charge on any atom is -0.342 e. The normalized spacial score (nSPS) is 20.1. The van der Waals surface area contributed by atoms with Gasteiger partial charge in [0.25, 0.3) is 5.91 Å². The van der Waals surface area contributed by atoms with E-state index in [2.05, 4.69) is 5.32 Å². The number of carbonyl (C=O) groups excluding carboxylic acids is 2. The SMILES string of the molecule is CC(C)(C)C1NC(=O)CN(c2ccc(F)cc2Cl)C1=O. The third-order valence-electron chi connectivity index (χ3n) is 3.19. The van der Waals surface area contributed by atoms with Crippen LogP contribution in [0.25, 0.3) is 0 Å². The summed E-state index contributed by atoms with van der Waals surface area (Å²) in [7, 11) is 0. The van der Waals surface area contributed by atoms with E-state index >= 15 is 0 Å². The fourth-order valence-electron chi connectivity index (χ4n) is 2.14. The van der Waals surface area contributed by atoms with Crippen LogP contribution in [0.4, 0.5) is 10.1 Å². The van der Waals surface area contributed by atoms with Gasteiger partial charge in [-0.3, -0.25) is 14.5 Å². The van der Waals surface area contributed by atoms with Gasteiger partial charge in [-0.2, -0.15) is 0 Å². The first-order chi connectivity index (χ1) is 9.20. The molecule has 20 heavy (non-hydrogen) atoms. The summed E-state index contributed by atoms with van der Waals surface area (Å²) in [5.74, 6) is -0.990. The zero-order valence-corrected chi connectivity index (χ0v) is 12.3. The lowest BCUT2D eigenvalue weighted by atomic mass is 9.84. The second-order valence-electron chi connectivity index (χ2n) is 5.89. The van der Waals surface area contributed by atoms with Gasteiger partial charge in [0.2, 0.25) is 5.91 Å². The smallest absolute Gasteiger partial charge is 0.250 e. The van der Waals surface area contributed by atoms with Crippen molar-refractivity contribution in [2.45, 2.75) is 26.8 Å². The van der Waals surface area contributed by atoms with Gasteiger partial charge in [0.1, 0.15) is 18.4 Å². The van der Waals surface area contributed by atoms with Crippen LogP contribution in [0, 0.1) is 11.2 Å². The second-order valence-corrected chi connectivity index (χ2v) is 6.29. The van der Waals surface area contributed by atoms with E-state index in [0.29, 0.717) is 5.69 Å². The summed E-state index contributed by atoms with van der Waals surface area (Å²) >= 11 is 5.97. The van der Waals surface area contributed by atoms with Crippen molar-refractivity contribution < 1.29 is 14.0 Å². The zero-order valence-electron chi connectivity index (χ0n) is 11.5. The Morgan fingerprint density at radius 3 is 2.55 bits per heavy atom. The van der Waals surface area contributed by atoms with E-state index in [-0.39, 0.29) is 23.4 Å². The van der Waals surface area contributed by atoms with E-state index in [1.165, 1.54) is 17.0 Å². The Bertz CT molecular complexity index is 569. The lowest BCUT2D eigenvalue weighted by Gasteiger charge is -2.39. The van der Waals surface area contributed by atoms with Crippen molar-refractivity contribution in [1.29, 1.82) is 0 Å². The molecule has 0 saturated carbocycles. The van der Waals surface area contributed by atoms with Gasteiger partial charge < -0.3 is 5.32 Å². The van der Waals surface area contributed by atoms with E-state index in [1.807, 2.05) is 20.8 Å². The molecule has 0 aromatic heterocycles. The fourth-order valence-corrected chi connectivity index (χ4v) is 2.41. The van der Waals surface area contributed by atoms with Crippen molar-refractivity contribution in [3.05, 3.63) is 29.0 Å². The highest BCUT2D eigenvalue weighted by Gasteiger charge is 2.40. The number of hydrogen-bond acceptors (Lipinski definition) is 2. The first kappa shape index (κ1) is 14.8. The Kier molecular flexibility index (Phi) is 3.73. The summed E-state index contributed by atoms with van der Waals surface area (Å²) in [5, 5.41) is 2.80. The van der Waals surface area contributed by atoms with Crippen LogP contribution >= 0.6 is 11.6 Å². The molecule has 108 valence electrons. The van der Waals surface area contributed by atoms with Gasteiger partial charge >= 0.3 is 0 Å². The molecule has 2 rings (SSSR count). The second kappa shape index (κ2) is 5.05. The van der Waals surface area contributed by atoms with Crippen molar-refractivity contribution >= 4 is 29.1 Å². The Morgan fingerprint density at radius 2 is 2.00 bits per heavy atom. The summed E-state index contributed by atoms with van der Waals surface area (Å²) in [5.41, 5.74) is -0.0695. The molecule has 1 heterocycles. The molecular weight excluding hydrogens is 283 g/mol. The van der Waals surface area contributed by atoms with Crippen LogP contribution < -0.4 is 10.2 Å². The molecule has 1 aliphatic heterocycles. The Labute approximate surface area is 121 Å². The standard InChI is InChI=1S/C14H16ClFN2O2/c1-14(2,3)12-13(20)18(7-11(19)17-12)10-5-4-8(16)6-9(10)15/h4-6,12H,7H2,1-3H3,(H,17,19). The summed E-state index contributed by atoms with van der Waals surface area (Å²) < 4.78 is 13.1. The topological polar surface area (TPSA) is 49.4 Å². The lowest BCUT2D eigenvalue weighted by molar-refractivity contribution is -0.133. The largest absolute Gasteiger partial charge is 0.342 e. The minimum absolute atomic E-state index is 0.112. The van der Waals surface area contributed by atoms with Gasteiger partial charge in [-0.05, 0) is 23.6 Å². The van der Waals surface area contributed by atoms with Crippen LogP contribution in [-0.2, 0) is 9.59 Å². The van der Waals surface area contributed by atoms with Crippen LogP contribution in [0.3, 0.4) is 0 Å². The summed E-state index contributed by atoms with van der Waals surface area (Å²) in [6, 6.07) is 3.12. The number of piperazine rings is 1. The van der Waals surface area contributed by atoms with Crippen molar-refractivity contribution in [3.8, 4) is 0 Å². The molecule has 2 amide bonds. The average Bonchev–Trinajstić information content (AvgIpc) is 2.31. The lowest BCUT2D eigenvalue weighted by Crippen LogP contribution is -2.62. The third kappa shape index (κ3) is 2.77. The molecular formula is C14H16ClFN2O2. The zero-order chi connectivity index (χ0) is 15.1. The Balaban J connectivity index is 2.40. The minimum atomic E-state index is -0.634. The first-order valence-corrected chi connectivity index (χ1v) is 6.64. The molecule has 0 spiro atoms. The summed E-state index contributed by atoms with van der Waals surface area (Å²) in [4.78, 5) is 25.6. The van der Waals surface area contributed by atoms with Crippen molar-refractivity contribution in [2.75, 3.05) is 11.4 Å². The van der Waals surface area contributed by atoms with Crippen molar-refractivity contribution in [2.24, 2.45) is 5.41 Å². The quantitative estimate of drug-likeness (QED) is 0.865. The molecule has 1 aromatic rings. The van der Waals surface area contributed by atoms with Gasteiger partial charge in [0, 0.05) is 0 Å².